The number of nitrogens with one attached hydrogen (secondary N) is 1. The first kappa shape index (κ1) is 19.9. The van der Waals surface area contributed by atoms with Gasteiger partial charge in [-0.05, 0) is 55.7 Å². The molecule has 0 saturated carbocycles. The topological polar surface area (TPSA) is 75.7 Å². The van der Waals surface area contributed by atoms with Gasteiger partial charge in [0.15, 0.2) is 6.61 Å². The van der Waals surface area contributed by atoms with E-state index in [9.17, 15) is 13.2 Å². The van der Waals surface area contributed by atoms with Crippen molar-refractivity contribution in [3.63, 3.8) is 0 Å². The van der Waals surface area contributed by atoms with Crippen LogP contribution in [0.15, 0.2) is 41.3 Å². The Morgan fingerprint density at radius 1 is 1.08 bits per heavy atom. The molecule has 0 aliphatic rings. The summed E-state index contributed by atoms with van der Waals surface area (Å²) < 4.78 is 31.2. The Balaban J connectivity index is 2.09. The molecule has 2 aromatic carbocycles. The average molecular weight is 376 g/mol. The van der Waals surface area contributed by atoms with Gasteiger partial charge >= 0.3 is 0 Å². The highest BCUT2D eigenvalue weighted by molar-refractivity contribution is 7.89. The molecule has 2 rings (SSSR count). The largest absolute Gasteiger partial charge is 0.483 e. The van der Waals surface area contributed by atoms with Crippen molar-refractivity contribution >= 4 is 21.6 Å². The number of rotatable bonds is 6. The van der Waals surface area contributed by atoms with Gasteiger partial charge in [0.2, 0.25) is 10.0 Å². The number of hydrogen-bond acceptors (Lipinski definition) is 4. The SMILES string of the molecule is Cc1ccc(C)c(OCC(=O)Nc2cccc(S(=O)(=O)N(C)C)c2)c1C. The van der Waals surface area contributed by atoms with Crippen LogP contribution in [0, 0.1) is 20.8 Å². The van der Waals surface area contributed by atoms with Crippen LogP contribution in [0.5, 0.6) is 5.75 Å². The second-order valence-electron chi connectivity index (χ2n) is 6.31. The van der Waals surface area contributed by atoms with E-state index in [1.807, 2.05) is 32.9 Å². The molecule has 0 heterocycles. The van der Waals surface area contributed by atoms with Crippen molar-refractivity contribution < 1.29 is 17.9 Å². The highest BCUT2D eigenvalue weighted by atomic mass is 32.2. The first-order valence-corrected chi connectivity index (χ1v) is 9.59. The zero-order valence-corrected chi connectivity index (χ0v) is 16.5. The lowest BCUT2D eigenvalue weighted by Gasteiger charge is -2.15. The summed E-state index contributed by atoms with van der Waals surface area (Å²) >= 11 is 0. The monoisotopic (exact) mass is 376 g/mol. The lowest BCUT2D eigenvalue weighted by Crippen LogP contribution is -2.23. The third-order valence-electron chi connectivity index (χ3n) is 4.12. The number of sulfonamides is 1. The van der Waals surface area contributed by atoms with Crippen LogP contribution in [0.2, 0.25) is 0 Å². The number of carbonyl (C=O) groups is 1. The molecule has 140 valence electrons. The summed E-state index contributed by atoms with van der Waals surface area (Å²) in [5.74, 6) is 0.341. The van der Waals surface area contributed by atoms with Gasteiger partial charge in [0.05, 0.1) is 4.90 Å². The number of hydrogen-bond donors (Lipinski definition) is 1. The highest BCUT2D eigenvalue weighted by Gasteiger charge is 2.17. The smallest absolute Gasteiger partial charge is 0.262 e. The molecular formula is C19H24N2O4S. The van der Waals surface area contributed by atoms with Crippen molar-refractivity contribution in [1.29, 1.82) is 0 Å². The molecule has 0 radical (unpaired) electrons. The quantitative estimate of drug-likeness (QED) is 0.841. The Bertz CT molecular complexity index is 921. The average Bonchev–Trinajstić information content (AvgIpc) is 2.58. The van der Waals surface area contributed by atoms with Crippen LogP contribution in [-0.2, 0) is 14.8 Å². The molecule has 0 fully saturated rings. The van der Waals surface area contributed by atoms with Crippen LogP contribution < -0.4 is 10.1 Å². The minimum Gasteiger partial charge on any atom is -0.483 e. The van der Waals surface area contributed by atoms with Gasteiger partial charge in [0, 0.05) is 19.8 Å². The zero-order chi connectivity index (χ0) is 19.5. The molecule has 0 unspecified atom stereocenters. The van der Waals surface area contributed by atoms with Crippen LogP contribution in [0.3, 0.4) is 0 Å². The molecule has 7 heteroatoms. The first-order valence-electron chi connectivity index (χ1n) is 8.15. The maximum atomic E-state index is 12.2. The maximum absolute atomic E-state index is 12.2. The van der Waals surface area contributed by atoms with E-state index in [1.54, 1.807) is 12.1 Å². The van der Waals surface area contributed by atoms with Gasteiger partial charge in [-0.2, -0.15) is 0 Å². The van der Waals surface area contributed by atoms with E-state index in [4.69, 9.17) is 4.74 Å². The van der Waals surface area contributed by atoms with Crippen molar-refractivity contribution in [2.24, 2.45) is 0 Å². The van der Waals surface area contributed by atoms with E-state index in [0.29, 0.717) is 11.4 Å². The maximum Gasteiger partial charge on any atom is 0.262 e. The van der Waals surface area contributed by atoms with Crippen LogP contribution in [0.1, 0.15) is 16.7 Å². The molecule has 0 spiro atoms. The molecule has 0 bridgehead atoms. The fourth-order valence-electron chi connectivity index (χ4n) is 2.43. The Kier molecular flexibility index (Phi) is 6.05. The Morgan fingerprint density at radius 2 is 1.73 bits per heavy atom. The van der Waals surface area contributed by atoms with E-state index in [0.717, 1.165) is 21.0 Å². The van der Waals surface area contributed by atoms with Crippen LogP contribution in [-0.4, -0.2) is 39.3 Å². The molecule has 2 aromatic rings. The summed E-state index contributed by atoms with van der Waals surface area (Å²) in [7, 11) is -0.637. The summed E-state index contributed by atoms with van der Waals surface area (Å²) in [6, 6.07) is 10.1. The van der Waals surface area contributed by atoms with Crippen molar-refractivity contribution in [2.75, 3.05) is 26.0 Å². The van der Waals surface area contributed by atoms with Crippen molar-refractivity contribution in [1.82, 2.24) is 4.31 Å². The third-order valence-corrected chi connectivity index (χ3v) is 5.93. The van der Waals surface area contributed by atoms with Crippen LogP contribution in [0.4, 0.5) is 5.69 Å². The minimum absolute atomic E-state index is 0.117. The molecule has 0 aromatic heterocycles. The normalized spacial score (nSPS) is 11.5. The van der Waals surface area contributed by atoms with E-state index < -0.39 is 10.0 Å². The molecule has 0 atom stereocenters. The number of carbonyl (C=O) groups excluding carboxylic acids is 1. The number of benzene rings is 2. The lowest BCUT2D eigenvalue weighted by atomic mass is 10.1. The molecule has 0 aliphatic heterocycles. The molecule has 0 aliphatic carbocycles. The predicted octanol–water partition coefficient (Wildman–Crippen LogP) is 2.88. The van der Waals surface area contributed by atoms with Crippen molar-refractivity contribution in [3.05, 3.63) is 53.1 Å². The summed E-state index contributed by atoms with van der Waals surface area (Å²) in [5.41, 5.74) is 3.45. The lowest BCUT2D eigenvalue weighted by molar-refractivity contribution is -0.118. The summed E-state index contributed by atoms with van der Waals surface area (Å²) in [6.07, 6.45) is 0. The van der Waals surface area contributed by atoms with Gasteiger partial charge in [-0.3, -0.25) is 4.79 Å². The van der Waals surface area contributed by atoms with Crippen molar-refractivity contribution in [3.8, 4) is 5.75 Å². The summed E-state index contributed by atoms with van der Waals surface area (Å²) in [6.45, 7) is 5.70. The van der Waals surface area contributed by atoms with Gasteiger partial charge in [-0.15, -0.1) is 0 Å². The summed E-state index contributed by atoms with van der Waals surface area (Å²) in [4.78, 5) is 12.3. The van der Waals surface area contributed by atoms with Gasteiger partial charge in [0.25, 0.3) is 5.91 Å². The molecule has 0 saturated heterocycles. The fraction of sp³-hybridized carbons (Fsp3) is 0.316. The Morgan fingerprint density at radius 3 is 2.38 bits per heavy atom. The second-order valence-corrected chi connectivity index (χ2v) is 8.46. The first-order chi connectivity index (χ1) is 12.1. The van der Waals surface area contributed by atoms with Gasteiger partial charge in [0.1, 0.15) is 5.75 Å². The number of anilines is 1. The third kappa shape index (κ3) is 4.42. The Hall–Kier alpha value is -2.38. The van der Waals surface area contributed by atoms with E-state index in [2.05, 4.69) is 5.32 Å². The Labute approximate surface area is 154 Å². The standard InChI is InChI=1S/C19H24N2O4S/c1-13-9-10-14(2)19(15(13)3)25-12-18(22)20-16-7-6-8-17(11-16)26(23,24)21(4)5/h6-11H,12H2,1-5H3,(H,20,22). The van der Waals surface area contributed by atoms with Gasteiger partial charge < -0.3 is 10.1 Å². The second kappa shape index (κ2) is 7.88. The van der Waals surface area contributed by atoms with E-state index in [1.165, 1.54) is 26.2 Å². The zero-order valence-electron chi connectivity index (χ0n) is 15.7. The van der Waals surface area contributed by atoms with E-state index in [-0.39, 0.29) is 17.4 Å². The van der Waals surface area contributed by atoms with Crippen molar-refractivity contribution in [2.45, 2.75) is 25.7 Å². The van der Waals surface area contributed by atoms with Crippen LogP contribution >= 0.6 is 0 Å². The molecule has 6 nitrogen and oxygen atoms in total. The summed E-state index contributed by atoms with van der Waals surface area (Å²) in [5, 5.41) is 2.67. The molecule has 26 heavy (non-hydrogen) atoms. The van der Waals surface area contributed by atoms with E-state index >= 15 is 0 Å². The number of ether oxygens (including phenoxy) is 1. The van der Waals surface area contributed by atoms with Gasteiger partial charge in [-0.25, -0.2) is 12.7 Å². The number of nitrogens with zero attached hydrogens (tertiary/aromatic N) is 1. The predicted molar refractivity (Wildman–Crippen MR) is 102 cm³/mol. The van der Waals surface area contributed by atoms with Crippen LogP contribution in [0.25, 0.3) is 0 Å². The fourth-order valence-corrected chi connectivity index (χ4v) is 3.38. The number of amides is 1. The molecule has 1 amide bonds. The molecule has 1 N–H and O–H groups in total. The molecular weight excluding hydrogens is 352 g/mol. The van der Waals surface area contributed by atoms with Gasteiger partial charge in [-0.1, -0.05) is 18.2 Å². The highest BCUT2D eigenvalue weighted by Crippen LogP contribution is 2.25. The number of aryl methyl sites for hydroxylation is 2. The minimum atomic E-state index is -3.56.